The average Bonchev–Trinajstić information content (AvgIpc) is 3.07. The number of amides is 3. The van der Waals surface area contributed by atoms with Crippen molar-refractivity contribution in [3.8, 4) is 0 Å². The highest BCUT2D eigenvalue weighted by Gasteiger charge is 2.39. The van der Waals surface area contributed by atoms with Gasteiger partial charge in [0.15, 0.2) is 11.4 Å². The van der Waals surface area contributed by atoms with Gasteiger partial charge in [0.05, 0.1) is 27.9 Å². The lowest BCUT2D eigenvalue weighted by atomic mass is 10.1. The molecule has 1 aliphatic rings. The van der Waals surface area contributed by atoms with E-state index in [2.05, 4.69) is 10.5 Å². The van der Waals surface area contributed by atoms with Crippen molar-refractivity contribution < 1.29 is 24.0 Å². The first-order valence-electron chi connectivity index (χ1n) is 7.14. The van der Waals surface area contributed by atoms with E-state index in [1.165, 1.54) is 12.1 Å². The fourth-order valence-corrected chi connectivity index (χ4v) is 2.75. The van der Waals surface area contributed by atoms with Gasteiger partial charge >= 0.3 is 6.09 Å². The smallest absolute Gasteiger partial charge is 0.409 e. The van der Waals surface area contributed by atoms with Gasteiger partial charge in [-0.25, -0.2) is 9.69 Å². The number of nitrogen functional groups attached to an aromatic ring is 1. The van der Waals surface area contributed by atoms with Crippen molar-refractivity contribution in [2.45, 2.75) is 0 Å². The second kappa shape index (κ2) is 5.06. The fraction of sp³-hybridized carbons (Fsp3) is 0. The van der Waals surface area contributed by atoms with E-state index in [-0.39, 0.29) is 33.9 Å². The lowest BCUT2D eigenvalue weighted by Crippen LogP contribution is -2.29. The molecule has 1 aliphatic heterocycles. The normalized spacial score (nSPS) is 13.4. The molecule has 2 aromatic carbocycles. The van der Waals surface area contributed by atoms with Crippen molar-refractivity contribution in [1.82, 2.24) is 5.16 Å². The van der Waals surface area contributed by atoms with Crippen LogP contribution in [0.15, 0.2) is 40.9 Å². The number of anilines is 3. The lowest BCUT2D eigenvalue weighted by molar-refractivity contribution is 0.0924. The minimum Gasteiger partial charge on any atom is -0.465 e. The molecule has 124 valence electrons. The maximum absolute atomic E-state index is 12.5. The molecule has 0 fully saturated rings. The van der Waals surface area contributed by atoms with Gasteiger partial charge in [-0.05, 0) is 18.2 Å². The Bertz CT molecular complexity index is 1040. The molecule has 25 heavy (non-hydrogen) atoms. The molecule has 0 unspecified atom stereocenters. The number of carbonyl (C=O) groups excluding carboxylic acids is 2. The Morgan fingerprint density at radius 1 is 1.16 bits per heavy atom. The Balaban J connectivity index is 1.84. The van der Waals surface area contributed by atoms with Crippen LogP contribution in [0.5, 0.6) is 0 Å². The number of nitrogens with zero attached hydrogens (tertiary/aromatic N) is 2. The Kier molecular flexibility index (Phi) is 2.98. The van der Waals surface area contributed by atoms with Gasteiger partial charge in [0.25, 0.3) is 11.8 Å². The number of hydrogen-bond donors (Lipinski definition) is 3. The first-order valence-corrected chi connectivity index (χ1v) is 7.14. The van der Waals surface area contributed by atoms with Crippen LogP contribution in [-0.4, -0.2) is 28.2 Å². The summed E-state index contributed by atoms with van der Waals surface area (Å²) in [5.41, 5.74) is 6.80. The average molecular weight is 338 g/mol. The third-order valence-corrected chi connectivity index (χ3v) is 3.87. The molecule has 0 radical (unpaired) electrons. The number of imide groups is 1. The molecule has 0 atom stereocenters. The third-order valence-electron chi connectivity index (χ3n) is 3.87. The van der Waals surface area contributed by atoms with Crippen molar-refractivity contribution in [3.05, 3.63) is 47.5 Å². The SMILES string of the molecule is Nc1cc2c(N3C(=O)c4ccccc4C3=O)noc2cc1NC(=O)O. The number of nitrogens with two attached hydrogens (primary N) is 1. The minimum atomic E-state index is -1.29. The van der Waals surface area contributed by atoms with E-state index < -0.39 is 17.9 Å². The molecule has 2 heterocycles. The first-order chi connectivity index (χ1) is 12.0. The van der Waals surface area contributed by atoms with Crippen molar-refractivity contribution >= 4 is 46.1 Å². The van der Waals surface area contributed by atoms with E-state index >= 15 is 0 Å². The Hall–Kier alpha value is -3.88. The molecular weight excluding hydrogens is 328 g/mol. The number of carbonyl (C=O) groups is 3. The van der Waals surface area contributed by atoms with Crippen molar-refractivity contribution in [2.24, 2.45) is 0 Å². The molecule has 0 saturated heterocycles. The summed E-state index contributed by atoms with van der Waals surface area (Å²) in [5, 5.41) is 15.1. The Labute approximate surface area is 139 Å². The van der Waals surface area contributed by atoms with Crippen LogP contribution in [0.2, 0.25) is 0 Å². The van der Waals surface area contributed by atoms with E-state index in [0.29, 0.717) is 5.39 Å². The number of fused-ring (bicyclic) bond motifs is 2. The molecule has 1 aromatic heterocycles. The van der Waals surface area contributed by atoms with Gasteiger partial charge in [0.1, 0.15) is 0 Å². The second-order valence-corrected chi connectivity index (χ2v) is 5.36. The lowest BCUT2D eigenvalue weighted by Gasteiger charge is -2.10. The van der Waals surface area contributed by atoms with E-state index in [9.17, 15) is 14.4 Å². The summed E-state index contributed by atoms with van der Waals surface area (Å²) >= 11 is 0. The first kappa shape index (κ1) is 14.7. The summed E-state index contributed by atoms with van der Waals surface area (Å²) in [7, 11) is 0. The van der Waals surface area contributed by atoms with Crippen LogP contribution >= 0.6 is 0 Å². The van der Waals surface area contributed by atoms with Gasteiger partial charge in [0.2, 0.25) is 0 Å². The van der Waals surface area contributed by atoms with Crippen LogP contribution in [-0.2, 0) is 0 Å². The van der Waals surface area contributed by atoms with Crippen molar-refractivity contribution in [3.63, 3.8) is 0 Å². The molecular formula is C16H10N4O5. The highest BCUT2D eigenvalue weighted by atomic mass is 16.5. The second-order valence-electron chi connectivity index (χ2n) is 5.36. The van der Waals surface area contributed by atoms with Crippen LogP contribution in [0, 0.1) is 0 Å². The number of benzene rings is 2. The quantitative estimate of drug-likeness (QED) is 0.481. The number of aromatic nitrogens is 1. The van der Waals surface area contributed by atoms with E-state index in [1.54, 1.807) is 24.3 Å². The zero-order valence-corrected chi connectivity index (χ0v) is 12.5. The molecule has 0 spiro atoms. The van der Waals surface area contributed by atoms with Crippen molar-refractivity contribution in [1.29, 1.82) is 0 Å². The summed E-state index contributed by atoms with van der Waals surface area (Å²) in [6.07, 6.45) is -1.29. The summed E-state index contributed by atoms with van der Waals surface area (Å²) in [6.45, 7) is 0. The topological polar surface area (TPSA) is 139 Å². The Morgan fingerprint density at radius 3 is 2.40 bits per heavy atom. The minimum absolute atomic E-state index is 0.00905. The molecule has 0 bridgehead atoms. The number of hydrogen-bond acceptors (Lipinski definition) is 6. The maximum Gasteiger partial charge on any atom is 0.409 e. The van der Waals surface area contributed by atoms with Gasteiger partial charge in [-0.15, -0.1) is 0 Å². The largest absolute Gasteiger partial charge is 0.465 e. The van der Waals surface area contributed by atoms with Gasteiger partial charge in [-0.2, -0.15) is 0 Å². The van der Waals surface area contributed by atoms with Crippen molar-refractivity contribution in [2.75, 3.05) is 16.0 Å². The van der Waals surface area contributed by atoms with Crippen LogP contribution < -0.4 is 16.0 Å². The summed E-state index contributed by atoms with van der Waals surface area (Å²) in [4.78, 5) is 36.8. The van der Waals surface area contributed by atoms with Crippen LogP contribution in [0.25, 0.3) is 11.0 Å². The van der Waals surface area contributed by atoms with Gasteiger partial charge in [0, 0.05) is 6.07 Å². The van der Waals surface area contributed by atoms with Gasteiger partial charge < -0.3 is 15.4 Å². The molecule has 9 nitrogen and oxygen atoms in total. The molecule has 3 aromatic rings. The summed E-state index contributed by atoms with van der Waals surface area (Å²) in [5.74, 6) is -1.01. The highest BCUT2D eigenvalue weighted by molar-refractivity contribution is 6.35. The molecule has 0 aliphatic carbocycles. The van der Waals surface area contributed by atoms with Crippen LogP contribution in [0.3, 0.4) is 0 Å². The molecule has 4 N–H and O–H groups in total. The monoisotopic (exact) mass is 338 g/mol. The standard InChI is InChI=1S/C16H10N4O5/c17-10-5-9-12(6-11(10)18-16(23)24)25-19-13(9)20-14(21)7-3-1-2-4-8(7)15(20)22/h1-6,18H,17H2,(H,23,24). The highest BCUT2D eigenvalue weighted by Crippen LogP contribution is 2.36. The number of carboxylic acid groups (broad SMARTS) is 1. The molecule has 3 amide bonds. The maximum atomic E-state index is 12.5. The molecule has 4 rings (SSSR count). The predicted molar refractivity (Wildman–Crippen MR) is 87.7 cm³/mol. The predicted octanol–water partition coefficient (Wildman–Crippen LogP) is 2.30. The van der Waals surface area contributed by atoms with Gasteiger partial charge in [-0.1, -0.05) is 17.3 Å². The Morgan fingerprint density at radius 2 is 1.80 bits per heavy atom. The third kappa shape index (κ3) is 2.10. The van der Waals surface area contributed by atoms with E-state index in [4.69, 9.17) is 15.4 Å². The molecule has 0 saturated carbocycles. The van der Waals surface area contributed by atoms with E-state index in [1.807, 2.05) is 0 Å². The zero-order valence-electron chi connectivity index (χ0n) is 12.5. The van der Waals surface area contributed by atoms with Crippen LogP contribution in [0.1, 0.15) is 20.7 Å². The summed E-state index contributed by atoms with van der Waals surface area (Å²) < 4.78 is 5.15. The molecule has 9 heteroatoms. The number of nitrogens with one attached hydrogen (secondary N) is 1. The zero-order chi connectivity index (χ0) is 17.7. The van der Waals surface area contributed by atoms with Crippen LogP contribution in [0.4, 0.5) is 22.0 Å². The number of rotatable bonds is 2. The fourth-order valence-electron chi connectivity index (χ4n) is 2.75. The van der Waals surface area contributed by atoms with E-state index in [0.717, 1.165) is 4.90 Å². The summed E-state index contributed by atoms with van der Waals surface area (Å²) in [6, 6.07) is 9.18. The van der Waals surface area contributed by atoms with Gasteiger partial charge in [-0.3, -0.25) is 14.9 Å².